The normalized spacial score (nSPS) is 17.7. The van der Waals surface area contributed by atoms with Crippen molar-refractivity contribution in [2.45, 2.75) is 19.4 Å². The van der Waals surface area contributed by atoms with Crippen molar-refractivity contribution in [3.63, 3.8) is 0 Å². The summed E-state index contributed by atoms with van der Waals surface area (Å²) in [5.74, 6) is -0.934. The summed E-state index contributed by atoms with van der Waals surface area (Å²) in [7, 11) is 0. The third kappa shape index (κ3) is 2.77. The number of nitrogens with zero attached hydrogens (tertiary/aromatic N) is 1. The monoisotopic (exact) mass is 303 g/mol. The molecule has 6 nitrogen and oxygen atoms in total. The van der Waals surface area contributed by atoms with Gasteiger partial charge in [0.1, 0.15) is 19.5 Å². The molecule has 0 fully saturated rings. The fourth-order valence-corrected chi connectivity index (χ4v) is 2.53. The van der Waals surface area contributed by atoms with Crippen LogP contribution in [0, 0.1) is 0 Å². The molecule has 0 radical (unpaired) electrons. The van der Waals surface area contributed by atoms with Crippen LogP contribution in [0.15, 0.2) is 36.3 Å². The summed E-state index contributed by atoms with van der Waals surface area (Å²) < 4.78 is 15.3. The van der Waals surface area contributed by atoms with E-state index in [1.807, 2.05) is 24.3 Å². The zero-order valence-electron chi connectivity index (χ0n) is 12.3. The highest BCUT2D eigenvalue weighted by Crippen LogP contribution is 2.28. The molecule has 0 saturated carbocycles. The minimum Gasteiger partial charge on any atom is -0.493 e. The van der Waals surface area contributed by atoms with Crippen molar-refractivity contribution in [3.8, 4) is 0 Å². The maximum Gasteiger partial charge on any atom is 0.377 e. The fraction of sp³-hybridized carbons (Fsp3) is 0.375. The van der Waals surface area contributed by atoms with Gasteiger partial charge in [0.25, 0.3) is 5.91 Å². The first kappa shape index (κ1) is 14.4. The van der Waals surface area contributed by atoms with Gasteiger partial charge in [0.2, 0.25) is 5.76 Å². The molecule has 1 atom stereocenters. The summed E-state index contributed by atoms with van der Waals surface area (Å²) in [5, 5.41) is 0. The second-order valence-corrected chi connectivity index (χ2v) is 5.12. The summed E-state index contributed by atoms with van der Waals surface area (Å²) in [6.45, 7) is 2.85. The average Bonchev–Trinajstić information content (AvgIpc) is 2.99. The number of fused-ring (bicyclic) bond motifs is 1. The largest absolute Gasteiger partial charge is 0.493 e. The van der Waals surface area contributed by atoms with Gasteiger partial charge in [-0.1, -0.05) is 18.2 Å². The van der Waals surface area contributed by atoms with Crippen LogP contribution in [-0.4, -0.2) is 37.7 Å². The van der Waals surface area contributed by atoms with Crippen LogP contribution in [0.2, 0.25) is 0 Å². The van der Waals surface area contributed by atoms with E-state index in [2.05, 4.69) is 0 Å². The Balaban J connectivity index is 1.65. The molecule has 1 aromatic carbocycles. The number of hydrogen-bond donors (Lipinski definition) is 0. The predicted octanol–water partition coefficient (Wildman–Crippen LogP) is 1.40. The zero-order chi connectivity index (χ0) is 15.5. The summed E-state index contributed by atoms with van der Waals surface area (Å²) in [4.78, 5) is 26.0. The highest BCUT2D eigenvalue weighted by molar-refractivity contribution is 5.99. The minimum atomic E-state index is -0.884. The first-order chi connectivity index (χ1) is 10.7. The van der Waals surface area contributed by atoms with Crippen molar-refractivity contribution >= 4 is 17.6 Å². The summed E-state index contributed by atoms with van der Waals surface area (Å²) in [6, 6.07) is 7.73. The van der Waals surface area contributed by atoms with Crippen LogP contribution >= 0.6 is 0 Å². The average molecular weight is 303 g/mol. The van der Waals surface area contributed by atoms with Crippen LogP contribution in [-0.2, 0) is 30.2 Å². The van der Waals surface area contributed by atoms with E-state index >= 15 is 0 Å². The number of hydrogen-bond acceptors (Lipinski definition) is 5. The number of anilines is 1. The molecule has 0 N–H and O–H groups in total. The molecule has 0 saturated heterocycles. The van der Waals surface area contributed by atoms with Gasteiger partial charge >= 0.3 is 5.97 Å². The fourth-order valence-electron chi connectivity index (χ4n) is 2.53. The molecule has 0 unspecified atom stereocenters. The lowest BCUT2D eigenvalue weighted by Gasteiger charge is -2.22. The molecule has 2 aliphatic heterocycles. The van der Waals surface area contributed by atoms with E-state index in [-0.39, 0.29) is 11.7 Å². The Morgan fingerprint density at radius 2 is 2.09 bits per heavy atom. The van der Waals surface area contributed by atoms with Crippen molar-refractivity contribution in [3.05, 3.63) is 41.9 Å². The smallest absolute Gasteiger partial charge is 0.377 e. The second-order valence-electron chi connectivity index (χ2n) is 5.12. The highest BCUT2D eigenvalue weighted by atomic mass is 16.6. The van der Waals surface area contributed by atoms with Gasteiger partial charge in [-0.15, -0.1) is 0 Å². The quantitative estimate of drug-likeness (QED) is 0.790. The van der Waals surface area contributed by atoms with Gasteiger partial charge in [-0.25, -0.2) is 4.79 Å². The van der Waals surface area contributed by atoms with Crippen molar-refractivity contribution in [1.82, 2.24) is 0 Å². The van der Waals surface area contributed by atoms with E-state index in [0.717, 1.165) is 17.7 Å². The summed E-state index contributed by atoms with van der Waals surface area (Å²) >= 11 is 0. The standard InChI is InChI=1S/C16H17NO5/c1-11(22-16(19)14-10-20-8-9-21-14)15(18)17-7-6-12-4-2-3-5-13(12)17/h2-5,10-11H,6-9H2,1H3/t11-/m0/s1. The van der Waals surface area contributed by atoms with E-state index in [9.17, 15) is 9.59 Å². The van der Waals surface area contributed by atoms with Crippen molar-refractivity contribution in [2.24, 2.45) is 0 Å². The predicted molar refractivity (Wildman–Crippen MR) is 78.0 cm³/mol. The van der Waals surface area contributed by atoms with Crippen molar-refractivity contribution in [2.75, 3.05) is 24.7 Å². The molecular formula is C16H17NO5. The van der Waals surface area contributed by atoms with Gasteiger partial charge in [0.05, 0.1) is 0 Å². The Morgan fingerprint density at radius 1 is 1.27 bits per heavy atom. The van der Waals surface area contributed by atoms with Gasteiger partial charge in [0, 0.05) is 12.2 Å². The SMILES string of the molecule is C[C@H](OC(=O)C1=COCCO1)C(=O)N1CCc2ccccc21. The lowest BCUT2D eigenvalue weighted by molar-refractivity contribution is -0.154. The molecule has 6 heteroatoms. The van der Waals surface area contributed by atoms with Crippen molar-refractivity contribution < 1.29 is 23.8 Å². The molecule has 0 aliphatic carbocycles. The Morgan fingerprint density at radius 3 is 2.86 bits per heavy atom. The Labute approximate surface area is 128 Å². The molecule has 1 amide bonds. The maximum atomic E-state index is 12.5. The van der Waals surface area contributed by atoms with Crippen molar-refractivity contribution in [1.29, 1.82) is 0 Å². The van der Waals surface area contributed by atoms with E-state index in [1.54, 1.807) is 11.8 Å². The number of esters is 1. The van der Waals surface area contributed by atoms with E-state index in [1.165, 1.54) is 6.26 Å². The Hall–Kier alpha value is -2.50. The number of amides is 1. The minimum absolute atomic E-state index is 0.00674. The number of benzene rings is 1. The Kier molecular flexibility index (Phi) is 4.00. The number of rotatable bonds is 3. The first-order valence-electron chi connectivity index (χ1n) is 7.21. The molecule has 1 aromatic rings. The number of ether oxygens (including phenoxy) is 3. The molecule has 3 rings (SSSR count). The second kappa shape index (κ2) is 6.09. The number of carbonyl (C=O) groups is 2. The summed E-state index contributed by atoms with van der Waals surface area (Å²) in [5.41, 5.74) is 2.01. The summed E-state index contributed by atoms with van der Waals surface area (Å²) in [6.07, 6.45) is 1.14. The van der Waals surface area contributed by atoms with E-state index < -0.39 is 12.1 Å². The van der Waals surface area contributed by atoms with Crippen LogP contribution in [0.25, 0.3) is 0 Å². The molecule has 116 valence electrons. The van der Waals surface area contributed by atoms with E-state index in [0.29, 0.717) is 19.8 Å². The molecule has 2 aliphatic rings. The first-order valence-corrected chi connectivity index (χ1v) is 7.21. The zero-order valence-corrected chi connectivity index (χ0v) is 12.3. The number of para-hydroxylation sites is 1. The third-order valence-corrected chi connectivity index (χ3v) is 3.64. The van der Waals surface area contributed by atoms with Crippen LogP contribution in [0.3, 0.4) is 0 Å². The van der Waals surface area contributed by atoms with Crippen LogP contribution in [0.1, 0.15) is 12.5 Å². The van der Waals surface area contributed by atoms with Gasteiger partial charge in [-0.05, 0) is 25.0 Å². The number of carbonyl (C=O) groups excluding carboxylic acids is 2. The third-order valence-electron chi connectivity index (χ3n) is 3.64. The molecule has 0 spiro atoms. The lowest BCUT2D eigenvalue weighted by Crippen LogP contribution is -2.39. The topological polar surface area (TPSA) is 65.1 Å². The van der Waals surface area contributed by atoms with Gasteiger partial charge in [-0.3, -0.25) is 4.79 Å². The highest BCUT2D eigenvalue weighted by Gasteiger charge is 2.31. The van der Waals surface area contributed by atoms with Crippen LogP contribution in [0.5, 0.6) is 0 Å². The Bertz CT molecular complexity index is 625. The van der Waals surface area contributed by atoms with Crippen LogP contribution < -0.4 is 4.90 Å². The maximum absolute atomic E-state index is 12.5. The van der Waals surface area contributed by atoms with E-state index in [4.69, 9.17) is 14.2 Å². The van der Waals surface area contributed by atoms with Gasteiger partial charge < -0.3 is 19.1 Å². The van der Waals surface area contributed by atoms with Gasteiger partial charge in [-0.2, -0.15) is 0 Å². The molecule has 0 aromatic heterocycles. The van der Waals surface area contributed by atoms with Gasteiger partial charge in [0.15, 0.2) is 6.10 Å². The molecule has 2 heterocycles. The molecular weight excluding hydrogens is 286 g/mol. The molecule has 0 bridgehead atoms. The molecule has 22 heavy (non-hydrogen) atoms. The lowest BCUT2D eigenvalue weighted by atomic mass is 10.2. The van der Waals surface area contributed by atoms with Crippen LogP contribution in [0.4, 0.5) is 5.69 Å².